The Bertz CT molecular complexity index is 555. The molecule has 1 aliphatic rings. The van der Waals surface area contributed by atoms with Gasteiger partial charge >= 0.3 is 0 Å². The molecule has 1 fully saturated rings. The average Bonchev–Trinajstić information content (AvgIpc) is 2.86. The van der Waals surface area contributed by atoms with E-state index in [1.54, 1.807) is 12.1 Å². The zero-order chi connectivity index (χ0) is 14.7. The predicted molar refractivity (Wildman–Crippen MR) is 81.4 cm³/mol. The number of rotatable bonds is 4. The zero-order valence-corrected chi connectivity index (χ0v) is 11.9. The van der Waals surface area contributed by atoms with E-state index in [0.717, 1.165) is 37.2 Å². The minimum absolute atomic E-state index is 0.316. The van der Waals surface area contributed by atoms with E-state index in [1.807, 2.05) is 36.4 Å². The molecular weight excluding hydrogens is 264 g/mol. The summed E-state index contributed by atoms with van der Waals surface area (Å²) in [6.45, 7) is 1.53. The molecule has 0 spiro atoms. The van der Waals surface area contributed by atoms with Crippen molar-refractivity contribution in [3.8, 4) is 11.5 Å². The molecule has 0 aliphatic carbocycles. The first-order valence-corrected chi connectivity index (χ1v) is 7.34. The molecule has 0 unspecified atom stereocenters. The zero-order valence-electron chi connectivity index (χ0n) is 11.9. The molecule has 3 heteroatoms. The maximum atomic E-state index is 9.56. The largest absolute Gasteiger partial charge is 0.508 e. The Kier molecular flexibility index (Phi) is 4.11. The number of benzene rings is 2. The lowest BCUT2D eigenvalue weighted by Gasteiger charge is -2.18. The van der Waals surface area contributed by atoms with Gasteiger partial charge < -0.3 is 14.9 Å². The topological polar surface area (TPSA) is 49.7 Å². The number of phenols is 2. The number of aromatic hydroxyl groups is 2. The molecule has 0 aromatic heterocycles. The van der Waals surface area contributed by atoms with Gasteiger partial charge in [-0.15, -0.1) is 0 Å². The van der Waals surface area contributed by atoms with Gasteiger partial charge in [0, 0.05) is 0 Å². The van der Waals surface area contributed by atoms with E-state index in [0.29, 0.717) is 23.3 Å². The molecule has 0 amide bonds. The third-order valence-electron chi connectivity index (χ3n) is 4.15. The summed E-state index contributed by atoms with van der Waals surface area (Å²) in [6, 6.07) is 14.9. The van der Waals surface area contributed by atoms with Gasteiger partial charge in [0.25, 0.3) is 0 Å². The molecule has 0 saturated carbocycles. The van der Waals surface area contributed by atoms with Crippen LogP contribution in [0.5, 0.6) is 11.5 Å². The van der Waals surface area contributed by atoms with Crippen LogP contribution in [0.3, 0.4) is 0 Å². The van der Waals surface area contributed by atoms with Gasteiger partial charge in [-0.1, -0.05) is 24.3 Å². The van der Waals surface area contributed by atoms with Crippen LogP contribution >= 0.6 is 0 Å². The molecule has 110 valence electrons. The second-order valence-corrected chi connectivity index (χ2v) is 5.81. The van der Waals surface area contributed by atoms with Crippen molar-refractivity contribution >= 4 is 0 Å². The first-order chi connectivity index (χ1) is 10.2. The van der Waals surface area contributed by atoms with Crippen molar-refractivity contribution < 1.29 is 14.9 Å². The van der Waals surface area contributed by atoms with Crippen LogP contribution in [0.2, 0.25) is 0 Å². The second kappa shape index (κ2) is 6.19. The first-order valence-electron chi connectivity index (χ1n) is 7.34. The van der Waals surface area contributed by atoms with Crippen molar-refractivity contribution in [2.24, 2.45) is 11.8 Å². The Hall–Kier alpha value is -2.00. The number of ether oxygens (including phenoxy) is 1. The number of phenolic OH excluding ortho intramolecular Hbond substituents is 2. The molecule has 3 nitrogen and oxygen atoms in total. The highest BCUT2D eigenvalue weighted by atomic mass is 16.5. The fraction of sp³-hybridized carbons (Fsp3) is 0.333. The average molecular weight is 284 g/mol. The quantitative estimate of drug-likeness (QED) is 0.906. The smallest absolute Gasteiger partial charge is 0.115 e. The van der Waals surface area contributed by atoms with E-state index in [-0.39, 0.29) is 0 Å². The summed E-state index contributed by atoms with van der Waals surface area (Å²) in [4.78, 5) is 0. The summed E-state index contributed by atoms with van der Waals surface area (Å²) in [7, 11) is 0. The summed E-state index contributed by atoms with van der Waals surface area (Å²) in [5.74, 6) is 1.54. The third kappa shape index (κ3) is 3.56. The Morgan fingerprint density at radius 1 is 0.810 bits per heavy atom. The van der Waals surface area contributed by atoms with Crippen molar-refractivity contribution in [2.45, 2.75) is 12.8 Å². The third-order valence-corrected chi connectivity index (χ3v) is 4.15. The van der Waals surface area contributed by atoms with E-state index in [9.17, 15) is 10.2 Å². The highest BCUT2D eigenvalue weighted by molar-refractivity contribution is 5.29. The van der Waals surface area contributed by atoms with Crippen LogP contribution in [0.4, 0.5) is 0 Å². The van der Waals surface area contributed by atoms with Crippen LogP contribution in [0, 0.1) is 11.8 Å². The lowest BCUT2D eigenvalue weighted by molar-refractivity contribution is 0.180. The molecule has 2 aromatic rings. The maximum absolute atomic E-state index is 9.56. The monoisotopic (exact) mass is 284 g/mol. The number of hydrogen-bond donors (Lipinski definition) is 2. The summed E-state index contributed by atoms with van der Waals surface area (Å²) in [5, 5.41) is 19.1. The van der Waals surface area contributed by atoms with E-state index in [2.05, 4.69) is 0 Å². The van der Waals surface area contributed by atoms with Crippen LogP contribution in [0.15, 0.2) is 48.5 Å². The van der Waals surface area contributed by atoms with Gasteiger partial charge in [0.1, 0.15) is 11.5 Å². The van der Waals surface area contributed by atoms with Crippen molar-refractivity contribution in [1.29, 1.82) is 0 Å². The van der Waals surface area contributed by atoms with Crippen LogP contribution in [0.1, 0.15) is 11.1 Å². The summed E-state index contributed by atoms with van der Waals surface area (Å²) >= 11 is 0. The molecular formula is C18H20O3. The molecule has 2 N–H and O–H groups in total. The Morgan fingerprint density at radius 3 is 1.71 bits per heavy atom. The molecule has 3 rings (SSSR count). The minimum atomic E-state index is 0.316. The van der Waals surface area contributed by atoms with Gasteiger partial charge in [0.2, 0.25) is 0 Å². The summed E-state index contributed by atoms with van der Waals surface area (Å²) < 4.78 is 5.65. The normalized spacial score (nSPS) is 21.5. The highest BCUT2D eigenvalue weighted by Crippen LogP contribution is 2.29. The van der Waals surface area contributed by atoms with Crippen LogP contribution in [-0.4, -0.2) is 23.4 Å². The standard InChI is InChI=1S/C18H20O3/c19-17-5-1-3-13(9-17)7-15-11-21-12-16(15)8-14-4-2-6-18(20)10-14/h1-6,9-10,15-16,19-20H,7-8,11-12H2/t15-,16-/m0/s1. The van der Waals surface area contributed by atoms with Gasteiger partial charge in [-0.25, -0.2) is 0 Å². The van der Waals surface area contributed by atoms with E-state index in [4.69, 9.17) is 4.74 Å². The molecule has 21 heavy (non-hydrogen) atoms. The van der Waals surface area contributed by atoms with Crippen molar-refractivity contribution in [2.75, 3.05) is 13.2 Å². The van der Waals surface area contributed by atoms with Gasteiger partial charge in [0.05, 0.1) is 13.2 Å². The van der Waals surface area contributed by atoms with Gasteiger partial charge in [-0.2, -0.15) is 0 Å². The van der Waals surface area contributed by atoms with E-state index < -0.39 is 0 Å². The maximum Gasteiger partial charge on any atom is 0.115 e. The molecule has 1 aliphatic heterocycles. The van der Waals surface area contributed by atoms with Gasteiger partial charge in [-0.3, -0.25) is 0 Å². The lowest BCUT2D eigenvalue weighted by Crippen LogP contribution is -2.17. The highest BCUT2D eigenvalue weighted by Gasteiger charge is 2.28. The number of hydrogen-bond acceptors (Lipinski definition) is 3. The van der Waals surface area contributed by atoms with Crippen LogP contribution < -0.4 is 0 Å². The molecule has 0 bridgehead atoms. The van der Waals surface area contributed by atoms with E-state index in [1.165, 1.54) is 0 Å². The molecule has 0 radical (unpaired) electrons. The van der Waals surface area contributed by atoms with Crippen LogP contribution in [0.25, 0.3) is 0 Å². The fourth-order valence-corrected chi connectivity index (χ4v) is 3.07. The Balaban J connectivity index is 1.68. The Morgan fingerprint density at radius 2 is 1.29 bits per heavy atom. The first kappa shape index (κ1) is 14.0. The Labute approximate surface area is 124 Å². The fourth-order valence-electron chi connectivity index (χ4n) is 3.07. The SMILES string of the molecule is Oc1cccc(C[C@H]2COC[C@@H]2Cc2cccc(O)c2)c1. The predicted octanol–water partition coefficient (Wildman–Crippen LogP) is 3.15. The molecule has 2 atom stereocenters. The van der Waals surface area contributed by atoms with Gasteiger partial charge in [-0.05, 0) is 60.1 Å². The lowest BCUT2D eigenvalue weighted by atomic mass is 9.85. The molecule has 1 heterocycles. The van der Waals surface area contributed by atoms with E-state index >= 15 is 0 Å². The van der Waals surface area contributed by atoms with Crippen molar-refractivity contribution in [3.05, 3.63) is 59.7 Å². The van der Waals surface area contributed by atoms with Crippen LogP contribution in [-0.2, 0) is 17.6 Å². The molecule has 1 saturated heterocycles. The van der Waals surface area contributed by atoms with Crippen molar-refractivity contribution in [1.82, 2.24) is 0 Å². The summed E-state index contributed by atoms with van der Waals surface area (Å²) in [5.41, 5.74) is 2.29. The van der Waals surface area contributed by atoms with Crippen molar-refractivity contribution in [3.63, 3.8) is 0 Å². The summed E-state index contributed by atoms with van der Waals surface area (Å²) in [6.07, 6.45) is 1.83. The second-order valence-electron chi connectivity index (χ2n) is 5.81. The molecule has 2 aromatic carbocycles. The van der Waals surface area contributed by atoms with Gasteiger partial charge in [0.15, 0.2) is 0 Å². The minimum Gasteiger partial charge on any atom is -0.508 e.